The molecule has 0 unspecified atom stereocenters. The molecule has 2 aromatic carbocycles. The van der Waals surface area contributed by atoms with Gasteiger partial charge in [0.2, 0.25) is 0 Å². The van der Waals surface area contributed by atoms with Crippen LogP contribution >= 0.6 is 11.6 Å². The van der Waals surface area contributed by atoms with Crippen LogP contribution in [0.3, 0.4) is 0 Å². The lowest BCUT2D eigenvalue weighted by molar-refractivity contribution is -0.384. The molecule has 0 atom stereocenters. The van der Waals surface area contributed by atoms with Crippen LogP contribution in [0.1, 0.15) is 16.8 Å². The number of aromatic amines is 1. The molecule has 7 nitrogen and oxygen atoms in total. The molecular weight excluding hydrogens is 342 g/mol. The van der Waals surface area contributed by atoms with Crippen LogP contribution in [0, 0.1) is 17.0 Å². The second kappa shape index (κ2) is 5.71. The Labute approximate surface area is 147 Å². The molecule has 4 rings (SSSR count). The molecule has 0 amide bonds. The summed E-state index contributed by atoms with van der Waals surface area (Å²) in [6, 6.07) is 11.9. The van der Waals surface area contributed by atoms with E-state index < -0.39 is 4.92 Å². The standard InChI is InChI=1S/C17H12ClN5O2/c1-9-15-17(22-21-9)19-14-7-6-10(23(24)25)8-12(14)16(20-15)11-4-2-3-5-13(11)18/h2-8H,1H3,(H2,19,21,22). The predicted octanol–water partition coefficient (Wildman–Crippen LogP) is 4.51. The minimum atomic E-state index is -0.431. The van der Waals surface area contributed by atoms with E-state index in [9.17, 15) is 10.1 Å². The summed E-state index contributed by atoms with van der Waals surface area (Å²) in [5.41, 5.74) is 3.94. The highest BCUT2D eigenvalue weighted by atomic mass is 35.5. The maximum Gasteiger partial charge on any atom is 0.270 e. The number of aliphatic imine (C=N–C) groups is 1. The summed E-state index contributed by atoms with van der Waals surface area (Å²) >= 11 is 6.36. The number of aromatic nitrogens is 2. The van der Waals surface area contributed by atoms with Crippen LogP contribution in [0.2, 0.25) is 5.02 Å². The first-order valence-corrected chi connectivity index (χ1v) is 7.87. The monoisotopic (exact) mass is 353 g/mol. The van der Waals surface area contributed by atoms with Crippen molar-refractivity contribution in [2.45, 2.75) is 6.92 Å². The van der Waals surface area contributed by atoms with Gasteiger partial charge in [-0.15, -0.1) is 0 Å². The number of hydrogen-bond donors (Lipinski definition) is 2. The molecule has 0 radical (unpaired) electrons. The number of anilines is 2. The molecule has 2 heterocycles. The lowest BCUT2D eigenvalue weighted by Crippen LogP contribution is -2.07. The van der Waals surface area contributed by atoms with Crippen LogP contribution in [0.15, 0.2) is 47.5 Å². The third-order valence-corrected chi connectivity index (χ3v) is 4.32. The highest BCUT2D eigenvalue weighted by Gasteiger charge is 2.24. The van der Waals surface area contributed by atoms with Gasteiger partial charge in [-0.25, -0.2) is 4.99 Å². The molecule has 0 spiro atoms. The van der Waals surface area contributed by atoms with Crippen molar-refractivity contribution >= 4 is 40.2 Å². The second-order valence-corrected chi connectivity index (χ2v) is 6.01. The van der Waals surface area contributed by atoms with Crippen molar-refractivity contribution in [2.75, 3.05) is 5.32 Å². The van der Waals surface area contributed by atoms with E-state index in [0.29, 0.717) is 39.1 Å². The Morgan fingerprint density at radius 1 is 1.16 bits per heavy atom. The summed E-state index contributed by atoms with van der Waals surface area (Å²) in [5, 5.41) is 22.0. The van der Waals surface area contributed by atoms with E-state index in [-0.39, 0.29) is 5.69 Å². The Hall–Kier alpha value is -3.19. The Kier molecular flexibility index (Phi) is 3.51. The van der Waals surface area contributed by atoms with Gasteiger partial charge in [-0.3, -0.25) is 15.2 Å². The summed E-state index contributed by atoms with van der Waals surface area (Å²) in [6.07, 6.45) is 0. The average Bonchev–Trinajstić information content (AvgIpc) is 2.85. The zero-order chi connectivity index (χ0) is 17.6. The minimum Gasteiger partial charge on any atom is -0.336 e. The summed E-state index contributed by atoms with van der Waals surface area (Å²) in [4.78, 5) is 15.5. The molecule has 0 saturated heterocycles. The first-order chi connectivity index (χ1) is 12.0. The number of hydrogen-bond acceptors (Lipinski definition) is 5. The largest absolute Gasteiger partial charge is 0.336 e. The van der Waals surface area contributed by atoms with Gasteiger partial charge in [-0.05, 0) is 19.1 Å². The fourth-order valence-electron chi connectivity index (χ4n) is 2.76. The molecule has 2 N–H and O–H groups in total. The van der Waals surface area contributed by atoms with Gasteiger partial charge in [0.25, 0.3) is 5.69 Å². The zero-order valence-electron chi connectivity index (χ0n) is 13.1. The Morgan fingerprint density at radius 2 is 1.96 bits per heavy atom. The van der Waals surface area contributed by atoms with Crippen molar-refractivity contribution < 1.29 is 4.92 Å². The van der Waals surface area contributed by atoms with Crippen LogP contribution in [-0.4, -0.2) is 20.8 Å². The van der Waals surface area contributed by atoms with Gasteiger partial charge in [-0.2, -0.15) is 5.10 Å². The van der Waals surface area contributed by atoms with Gasteiger partial charge in [0.05, 0.1) is 16.3 Å². The van der Waals surface area contributed by atoms with E-state index in [4.69, 9.17) is 16.6 Å². The molecule has 0 fully saturated rings. The van der Waals surface area contributed by atoms with Crippen LogP contribution in [0.25, 0.3) is 0 Å². The van der Waals surface area contributed by atoms with E-state index >= 15 is 0 Å². The van der Waals surface area contributed by atoms with Crippen LogP contribution in [-0.2, 0) is 0 Å². The fraction of sp³-hybridized carbons (Fsp3) is 0.0588. The van der Waals surface area contributed by atoms with Crippen molar-refractivity contribution in [3.05, 3.63) is 74.4 Å². The molecule has 8 heteroatoms. The number of nitrogens with one attached hydrogen (secondary N) is 2. The van der Waals surface area contributed by atoms with E-state index in [1.54, 1.807) is 12.1 Å². The topological polar surface area (TPSA) is 96.2 Å². The Morgan fingerprint density at radius 3 is 2.72 bits per heavy atom. The second-order valence-electron chi connectivity index (χ2n) is 5.60. The summed E-state index contributed by atoms with van der Waals surface area (Å²) in [5.74, 6) is 0.564. The first kappa shape index (κ1) is 15.3. The van der Waals surface area contributed by atoms with Crippen molar-refractivity contribution in [3.8, 4) is 0 Å². The smallest absolute Gasteiger partial charge is 0.270 e. The molecule has 25 heavy (non-hydrogen) atoms. The molecule has 1 aliphatic rings. The van der Waals surface area contributed by atoms with Crippen molar-refractivity contribution in [3.63, 3.8) is 0 Å². The molecule has 124 valence electrons. The average molecular weight is 354 g/mol. The molecule has 0 bridgehead atoms. The quantitative estimate of drug-likeness (QED) is 0.409. The Bertz CT molecular complexity index is 1040. The first-order valence-electron chi connectivity index (χ1n) is 7.49. The third-order valence-electron chi connectivity index (χ3n) is 3.99. The number of nitrogens with zero attached hydrogens (tertiary/aromatic N) is 3. The Balaban J connectivity index is 2.04. The number of non-ortho nitro benzene ring substituents is 1. The van der Waals surface area contributed by atoms with Gasteiger partial charge in [0.1, 0.15) is 5.69 Å². The fourth-order valence-corrected chi connectivity index (χ4v) is 2.98. The molecule has 1 aliphatic heterocycles. The number of halogens is 1. The number of nitro benzene ring substituents is 1. The molecular formula is C17H12ClN5O2. The molecule has 1 aromatic heterocycles. The van der Waals surface area contributed by atoms with Crippen LogP contribution in [0.4, 0.5) is 22.9 Å². The third kappa shape index (κ3) is 2.54. The highest BCUT2D eigenvalue weighted by molar-refractivity contribution is 6.36. The minimum absolute atomic E-state index is 0.0156. The number of fused-ring (bicyclic) bond motifs is 2. The molecule has 0 saturated carbocycles. The molecule has 3 aromatic rings. The van der Waals surface area contributed by atoms with Crippen LogP contribution in [0.5, 0.6) is 0 Å². The van der Waals surface area contributed by atoms with E-state index in [0.717, 1.165) is 5.69 Å². The van der Waals surface area contributed by atoms with Gasteiger partial charge in [0.15, 0.2) is 5.82 Å². The maximum atomic E-state index is 11.2. The maximum absolute atomic E-state index is 11.2. The summed E-state index contributed by atoms with van der Waals surface area (Å²) < 4.78 is 0. The van der Waals surface area contributed by atoms with E-state index in [1.165, 1.54) is 12.1 Å². The number of aryl methyl sites for hydroxylation is 1. The van der Waals surface area contributed by atoms with Gasteiger partial charge < -0.3 is 5.32 Å². The summed E-state index contributed by atoms with van der Waals surface area (Å²) in [7, 11) is 0. The SMILES string of the molecule is Cc1[nH]nc2c1N=C(c1ccccc1Cl)c1cc([N+](=O)[O-])ccc1N2. The van der Waals surface area contributed by atoms with Gasteiger partial charge in [0, 0.05) is 34.0 Å². The highest BCUT2D eigenvalue weighted by Crippen LogP contribution is 2.38. The number of nitro groups is 1. The summed E-state index contributed by atoms with van der Waals surface area (Å²) in [6.45, 7) is 1.86. The molecule has 0 aliphatic carbocycles. The lowest BCUT2D eigenvalue weighted by Gasteiger charge is -2.11. The number of rotatable bonds is 2. The lowest BCUT2D eigenvalue weighted by atomic mass is 10.00. The van der Waals surface area contributed by atoms with Gasteiger partial charge >= 0.3 is 0 Å². The van der Waals surface area contributed by atoms with Gasteiger partial charge in [-0.1, -0.05) is 29.8 Å². The van der Waals surface area contributed by atoms with E-state index in [1.807, 2.05) is 25.1 Å². The normalized spacial score (nSPS) is 12.5. The van der Waals surface area contributed by atoms with Crippen molar-refractivity contribution in [2.24, 2.45) is 4.99 Å². The van der Waals surface area contributed by atoms with Crippen LogP contribution < -0.4 is 5.32 Å². The van der Waals surface area contributed by atoms with E-state index in [2.05, 4.69) is 15.5 Å². The number of benzene rings is 2. The predicted molar refractivity (Wildman–Crippen MR) is 96.5 cm³/mol. The zero-order valence-corrected chi connectivity index (χ0v) is 13.8. The van der Waals surface area contributed by atoms with Crippen molar-refractivity contribution in [1.82, 2.24) is 10.2 Å². The van der Waals surface area contributed by atoms with Crippen molar-refractivity contribution in [1.29, 1.82) is 0 Å². The number of H-pyrrole nitrogens is 1.